The van der Waals surface area contributed by atoms with E-state index >= 15 is 0 Å². The van der Waals surface area contributed by atoms with Gasteiger partial charge in [0, 0.05) is 80.3 Å². The average molecular weight is 1130 g/mol. The summed E-state index contributed by atoms with van der Waals surface area (Å²) in [4.78, 5) is 42.7. The Bertz CT molecular complexity index is 4300. The van der Waals surface area contributed by atoms with Crippen LogP contribution in [-0.2, 0) is 10.8 Å². The van der Waals surface area contributed by atoms with Crippen LogP contribution >= 0.6 is 23.5 Å². The second-order valence-electron chi connectivity index (χ2n) is 20.8. The molecule has 0 radical (unpaired) electrons. The number of benzene rings is 4. The third-order valence-corrected chi connectivity index (χ3v) is 13.7. The first-order chi connectivity index (χ1) is 39.4. The summed E-state index contributed by atoms with van der Waals surface area (Å²) in [6.45, 7) is 12.7. The minimum atomic E-state index is -0.186. The molecule has 0 spiro atoms. The van der Waals surface area contributed by atoms with E-state index in [1.165, 1.54) is 29.6 Å². The monoisotopic (exact) mass is 1130 g/mol. The number of aromatic amines is 4. The number of nitrogen functional groups attached to an aromatic ring is 2. The molecule has 414 valence electrons. The maximum Gasteiger partial charge on any atom is 0.248 e. The Kier molecular flexibility index (Phi) is 14.7. The molecule has 8 aromatic heterocycles. The zero-order valence-corrected chi connectivity index (χ0v) is 47.4. The number of rotatable bonds is 14. The standard InChI is InChI=1S/C29H28N10O2S.C28H28N10OS/c1-29(2,3)21-14-23(39(38-21)18-8-11-20-17(13-18)7-12-24(40)31-20)33-27-35-26(36-37-27)16-5-9-19(10-6-16)41-25-15-22(30)32-28(34-25)42-4;1-28(2,3)21-14-23(38(37-21)18-7-10-20-17(13-18)11-12-30-20)32-26-34-25(35-36-26)16-5-8-19(9-6-16)39-24-15-22(29)31-27(33-24)40-4/h5-15H,1-4H3,(H,31,40)(H2,30,32,34)(H2,33,35,36,37);5-15,30H,1-4H3,(H2,29,31,33)(H2,32,34,35,36). The van der Waals surface area contributed by atoms with Crippen molar-refractivity contribution >= 4 is 80.5 Å². The number of nitrogens with one attached hydrogen (secondary N) is 6. The highest BCUT2D eigenvalue weighted by Crippen LogP contribution is 2.33. The fourth-order valence-electron chi connectivity index (χ4n) is 8.38. The molecular weight excluding hydrogens is 1080 g/mol. The van der Waals surface area contributed by atoms with E-state index in [1.807, 2.05) is 125 Å². The molecule has 0 atom stereocenters. The van der Waals surface area contributed by atoms with Crippen molar-refractivity contribution in [2.24, 2.45) is 0 Å². The molecule has 12 rings (SSSR count). The Morgan fingerprint density at radius 3 is 1.65 bits per heavy atom. The Balaban J connectivity index is 0.000000172. The van der Waals surface area contributed by atoms with Gasteiger partial charge in [-0.25, -0.2) is 19.3 Å². The predicted molar refractivity (Wildman–Crippen MR) is 321 cm³/mol. The van der Waals surface area contributed by atoms with Gasteiger partial charge in [0.2, 0.25) is 29.2 Å². The van der Waals surface area contributed by atoms with Crippen molar-refractivity contribution in [3.05, 3.63) is 155 Å². The van der Waals surface area contributed by atoms with Crippen molar-refractivity contribution in [2.75, 3.05) is 34.6 Å². The number of H-pyrrole nitrogens is 4. The normalized spacial score (nSPS) is 11.7. The molecule has 0 amide bonds. The molecule has 0 fully saturated rings. The molecule has 25 heteroatoms. The maximum atomic E-state index is 11.7. The second kappa shape index (κ2) is 22.3. The minimum absolute atomic E-state index is 0.137. The van der Waals surface area contributed by atoms with Gasteiger partial charge in [-0.05, 0) is 110 Å². The maximum absolute atomic E-state index is 11.7. The Hall–Kier alpha value is -10.0. The van der Waals surface area contributed by atoms with Crippen molar-refractivity contribution in [3.63, 3.8) is 0 Å². The lowest BCUT2D eigenvalue weighted by molar-refractivity contribution is 0.456. The van der Waals surface area contributed by atoms with Crippen molar-refractivity contribution in [2.45, 2.75) is 62.7 Å². The van der Waals surface area contributed by atoms with Gasteiger partial charge in [0.05, 0.1) is 22.8 Å². The van der Waals surface area contributed by atoms with Gasteiger partial charge in [0.15, 0.2) is 22.0 Å². The van der Waals surface area contributed by atoms with Crippen LogP contribution in [0.3, 0.4) is 0 Å². The summed E-state index contributed by atoms with van der Waals surface area (Å²) in [5.41, 5.74) is 18.4. The van der Waals surface area contributed by atoms with Crippen LogP contribution in [0, 0.1) is 0 Å². The Morgan fingerprint density at radius 2 is 1.09 bits per heavy atom. The molecule has 0 aliphatic heterocycles. The first-order valence-corrected chi connectivity index (χ1v) is 28.1. The molecule has 0 saturated heterocycles. The number of fused-ring (bicyclic) bond motifs is 2. The van der Waals surface area contributed by atoms with Gasteiger partial charge in [-0.2, -0.15) is 25.1 Å². The number of ether oxygens (including phenoxy) is 2. The average Bonchev–Trinajstić information content (AvgIpc) is 4.12. The summed E-state index contributed by atoms with van der Waals surface area (Å²) in [5.74, 6) is 6.23. The van der Waals surface area contributed by atoms with Crippen LogP contribution in [-0.4, -0.2) is 92.3 Å². The van der Waals surface area contributed by atoms with Gasteiger partial charge >= 0.3 is 0 Å². The summed E-state index contributed by atoms with van der Waals surface area (Å²) < 4.78 is 15.4. The molecule has 23 nitrogen and oxygen atoms in total. The molecule has 82 heavy (non-hydrogen) atoms. The zero-order valence-electron chi connectivity index (χ0n) is 45.8. The first-order valence-electron chi connectivity index (χ1n) is 25.6. The van der Waals surface area contributed by atoms with Crippen molar-refractivity contribution in [1.29, 1.82) is 0 Å². The molecule has 0 aliphatic carbocycles. The quantitative estimate of drug-likeness (QED) is 0.0370. The molecular formula is C57H56N20O3S2. The van der Waals surface area contributed by atoms with E-state index in [0.29, 0.717) is 74.6 Å². The largest absolute Gasteiger partial charge is 0.439 e. The van der Waals surface area contributed by atoms with Gasteiger partial charge in [0.25, 0.3) is 0 Å². The molecule has 0 bridgehead atoms. The van der Waals surface area contributed by atoms with Gasteiger partial charge in [-0.15, -0.1) is 15.3 Å². The molecule has 8 heterocycles. The Morgan fingerprint density at radius 1 is 0.549 bits per heavy atom. The summed E-state index contributed by atoms with van der Waals surface area (Å²) in [7, 11) is 0. The summed E-state index contributed by atoms with van der Waals surface area (Å²) in [6, 6.07) is 39.3. The predicted octanol–water partition coefficient (Wildman–Crippen LogP) is 11.5. The first kappa shape index (κ1) is 54.0. The van der Waals surface area contributed by atoms with E-state index in [-0.39, 0.29) is 16.4 Å². The molecule has 4 aromatic carbocycles. The lowest BCUT2D eigenvalue weighted by atomic mass is 9.92. The van der Waals surface area contributed by atoms with Gasteiger partial charge < -0.3 is 46.5 Å². The SMILES string of the molecule is CSc1nc(N)cc(Oc2ccc(-c3nc(Nc4cc(C(C)(C)C)nn4-c4ccc5[nH]ccc5c4)n[nH]3)cc2)n1.CSc1nc(N)cc(Oc2ccc(-c3nnc(Nc4cc(C(C)(C)C)nn4-c4ccc5[nH]c(=O)ccc5c4)[nH]3)cc2)n1. The lowest BCUT2D eigenvalue weighted by Gasteiger charge is -2.14. The fourth-order valence-corrected chi connectivity index (χ4v) is 9.13. The number of hydrogen-bond donors (Lipinski definition) is 8. The fraction of sp³-hybridized carbons (Fsp3) is 0.175. The lowest BCUT2D eigenvalue weighted by Crippen LogP contribution is -2.12. The summed E-state index contributed by atoms with van der Waals surface area (Å²) >= 11 is 2.79. The van der Waals surface area contributed by atoms with Gasteiger partial charge in [-0.3, -0.25) is 9.89 Å². The Labute approximate surface area is 477 Å². The zero-order chi connectivity index (χ0) is 57.3. The smallest absolute Gasteiger partial charge is 0.248 e. The van der Waals surface area contributed by atoms with E-state index in [2.05, 4.69) is 119 Å². The van der Waals surface area contributed by atoms with E-state index in [4.69, 9.17) is 31.1 Å². The number of hydrogen-bond acceptors (Lipinski definition) is 19. The number of anilines is 6. The molecule has 0 aliphatic rings. The topological polar surface area (TPSA) is 314 Å². The van der Waals surface area contributed by atoms with Crippen LogP contribution in [0.15, 0.2) is 149 Å². The number of nitrogens with zero attached hydrogens (tertiary/aromatic N) is 12. The van der Waals surface area contributed by atoms with Gasteiger partial charge in [-0.1, -0.05) is 65.1 Å². The van der Waals surface area contributed by atoms with Crippen LogP contribution in [0.1, 0.15) is 52.9 Å². The van der Waals surface area contributed by atoms with Crippen LogP contribution < -0.4 is 37.1 Å². The number of nitrogens with two attached hydrogens (primary N) is 2. The molecule has 10 N–H and O–H groups in total. The van der Waals surface area contributed by atoms with Crippen LogP contribution in [0.5, 0.6) is 23.3 Å². The van der Waals surface area contributed by atoms with Crippen LogP contribution in [0.25, 0.3) is 56.0 Å². The second-order valence-corrected chi connectivity index (χ2v) is 22.3. The third kappa shape index (κ3) is 12.2. The van der Waals surface area contributed by atoms with Crippen molar-refractivity contribution in [3.8, 4) is 57.4 Å². The highest BCUT2D eigenvalue weighted by molar-refractivity contribution is 7.98. The molecule has 0 unspecified atom stereocenters. The third-order valence-electron chi connectivity index (χ3n) is 12.6. The van der Waals surface area contributed by atoms with Crippen LogP contribution in [0.2, 0.25) is 0 Å². The van der Waals surface area contributed by atoms with Gasteiger partial charge in [0.1, 0.15) is 34.8 Å². The van der Waals surface area contributed by atoms with E-state index < -0.39 is 0 Å². The highest BCUT2D eigenvalue weighted by atomic mass is 32.2. The summed E-state index contributed by atoms with van der Waals surface area (Å²) in [6.07, 6.45) is 5.68. The minimum Gasteiger partial charge on any atom is -0.439 e. The van der Waals surface area contributed by atoms with E-state index in [9.17, 15) is 4.79 Å². The van der Waals surface area contributed by atoms with Crippen molar-refractivity contribution < 1.29 is 9.47 Å². The van der Waals surface area contributed by atoms with E-state index in [0.717, 1.165) is 61.5 Å². The number of thioether (sulfide) groups is 2. The number of aromatic nitrogens is 16. The number of pyridine rings is 1. The van der Waals surface area contributed by atoms with Crippen LogP contribution in [0.4, 0.5) is 35.2 Å². The highest BCUT2D eigenvalue weighted by Gasteiger charge is 2.24. The van der Waals surface area contributed by atoms with E-state index in [1.54, 1.807) is 18.2 Å². The molecule has 0 saturated carbocycles. The van der Waals surface area contributed by atoms with Crippen molar-refractivity contribution in [1.82, 2.24) is 79.8 Å². The summed E-state index contributed by atoms with van der Waals surface area (Å²) in [5, 5.41) is 35.6. The molecule has 12 aromatic rings.